The fourth-order valence-corrected chi connectivity index (χ4v) is 4.68. The molecule has 5 rings (SSSR count). The Balaban J connectivity index is 1.70. The van der Waals surface area contributed by atoms with Crippen LogP contribution in [0.15, 0.2) is 62.2 Å². The molecule has 0 bridgehead atoms. The number of rotatable bonds is 4. The van der Waals surface area contributed by atoms with E-state index in [4.69, 9.17) is 8.83 Å². The second kappa shape index (κ2) is 8.30. The molecule has 0 aliphatic heterocycles. The van der Waals surface area contributed by atoms with Crippen LogP contribution in [0.5, 0.6) is 0 Å². The van der Waals surface area contributed by atoms with Crippen molar-refractivity contribution in [2.75, 3.05) is 5.32 Å². The van der Waals surface area contributed by atoms with E-state index in [9.17, 15) is 9.59 Å². The van der Waals surface area contributed by atoms with Gasteiger partial charge in [0.1, 0.15) is 11.2 Å². The van der Waals surface area contributed by atoms with Gasteiger partial charge in [0.15, 0.2) is 5.76 Å². The summed E-state index contributed by atoms with van der Waals surface area (Å²) in [6.07, 6.45) is 5.17. The van der Waals surface area contributed by atoms with Crippen molar-refractivity contribution in [3.63, 3.8) is 0 Å². The molecule has 5 nitrogen and oxygen atoms in total. The van der Waals surface area contributed by atoms with Crippen LogP contribution in [0.4, 0.5) is 5.69 Å². The molecule has 0 unspecified atom stereocenters. The Labute approximate surface area is 186 Å². The molecule has 1 amide bonds. The molecule has 1 N–H and O–H groups in total. The lowest BCUT2D eigenvalue weighted by molar-refractivity contribution is -0.120. The molecule has 2 aromatic heterocycles. The predicted molar refractivity (Wildman–Crippen MR) is 127 cm³/mol. The van der Waals surface area contributed by atoms with Crippen LogP contribution in [-0.4, -0.2) is 5.91 Å². The third kappa shape index (κ3) is 3.72. The zero-order chi connectivity index (χ0) is 22.2. The monoisotopic (exact) mass is 429 g/mol. The lowest BCUT2D eigenvalue weighted by atomic mass is 9.88. The van der Waals surface area contributed by atoms with Crippen LogP contribution in [0, 0.1) is 5.92 Å². The molecular weight excluding hydrogens is 402 g/mol. The maximum absolute atomic E-state index is 13.1. The smallest absolute Gasteiger partial charge is 0.336 e. The first-order valence-electron chi connectivity index (χ1n) is 11.4. The molecule has 2 aromatic carbocycles. The number of hydrogen-bond donors (Lipinski definition) is 1. The highest BCUT2D eigenvalue weighted by Gasteiger charge is 2.26. The molecule has 164 valence electrons. The highest BCUT2D eigenvalue weighted by atomic mass is 16.4. The summed E-state index contributed by atoms with van der Waals surface area (Å²) >= 11 is 0. The van der Waals surface area contributed by atoms with Crippen molar-refractivity contribution in [2.24, 2.45) is 5.92 Å². The van der Waals surface area contributed by atoms with Gasteiger partial charge in [-0.3, -0.25) is 4.79 Å². The van der Waals surface area contributed by atoms with Gasteiger partial charge in [-0.05, 0) is 48.6 Å². The summed E-state index contributed by atoms with van der Waals surface area (Å²) in [6, 6.07) is 14.9. The summed E-state index contributed by atoms with van der Waals surface area (Å²) in [5.74, 6) is 0.845. The molecule has 2 heterocycles. The first kappa shape index (κ1) is 20.6. The Kier molecular flexibility index (Phi) is 5.33. The van der Waals surface area contributed by atoms with E-state index in [1.54, 1.807) is 0 Å². The Morgan fingerprint density at radius 1 is 0.938 bits per heavy atom. The van der Waals surface area contributed by atoms with Crippen molar-refractivity contribution in [1.82, 2.24) is 0 Å². The van der Waals surface area contributed by atoms with Gasteiger partial charge in [0, 0.05) is 28.3 Å². The minimum absolute atomic E-state index is 0.00962. The number of anilines is 1. The standard InChI is InChI=1S/C27H27NO4/c1-16(2)18-12-13-23-20(14-18)21(15-24(29)31-23)26-25(19-10-6-7-11-22(19)32-26)28-27(30)17-8-4-3-5-9-17/h6-7,10-17H,3-5,8-9H2,1-2H3,(H,28,30). The van der Waals surface area contributed by atoms with E-state index >= 15 is 0 Å². The number of furan rings is 1. The SMILES string of the molecule is CC(C)c1ccc2oc(=O)cc(-c3oc4ccccc4c3NC(=O)C3CCCCC3)c2c1. The van der Waals surface area contributed by atoms with Crippen molar-refractivity contribution >= 4 is 33.5 Å². The number of carbonyl (C=O) groups excluding carboxylic acids is 1. The number of hydrogen-bond acceptors (Lipinski definition) is 4. The number of carbonyl (C=O) groups is 1. The lowest BCUT2D eigenvalue weighted by Crippen LogP contribution is -2.24. The zero-order valence-corrected chi connectivity index (χ0v) is 18.4. The minimum Gasteiger partial charge on any atom is -0.454 e. The molecule has 5 heteroatoms. The summed E-state index contributed by atoms with van der Waals surface area (Å²) < 4.78 is 11.7. The second-order valence-electron chi connectivity index (χ2n) is 9.02. The fraction of sp³-hybridized carbons (Fsp3) is 0.333. The third-order valence-corrected chi connectivity index (χ3v) is 6.50. The summed E-state index contributed by atoms with van der Waals surface area (Å²) in [4.78, 5) is 25.5. The molecule has 0 spiro atoms. The van der Waals surface area contributed by atoms with Gasteiger partial charge >= 0.3 is 5.63 Å². The van der Waals surface area contributed by atoms with E-state index < -0.39 is 5.63 Å². The maximum atomic E-state index is 13.1. The van der Waals surface area contributed by atoms with E-state index in [-0.39, 0.29) is 11.8 Å². The van der Waals surface area contributed by atoms with Gasteiger partial charge in [0.2, 0.25) is 5.91 Å². The first-order valence-corrected chi connectivity index (χ1v) is 11.4. The summed E-state index contributed by atoms with van der Waals surface area (Å²) in [5, 5.41) is 4.78. The number of para-hydroxylation sites is 1. The van der Waals surface area contributed by atoms with Crippen LogP contribution in [-0.2, 0) is 4.79 Å². The van der Waals surface area contributed by atoms with E-state index in [1.165, 1.54) is 12.5 Å². The molecule has 1 fully saturated rings. The predicted octanol–water partition coefficient (Wildman–Crippen LogP) is 6.85. The Morgan fingerprint density at radius 2 is 1.69 bits per heavy atom. The molecule has 0 atom stereocenters. The Morgan fingerprint density at radius 3 is 2.47 bits per heavy atom. The van der Waals surface area contributed by atoms with Crippen molar-refractivity contribution in [3.8, 4) is 11.3 Å². The van der Waals surface area contributed by atoms with E-state index in [0.29, 0.717) is 34.1 Å². The second-order valence-corrected chi connectivity index (χ2v) is 9.02. The van der Waals surface area contributed by atoms with Crippen molar-refractivity contribution in [3.05, 3.63) is 64.5 Å². The first-order chi connectivity index (χ1) is 15.5. The van der Waals surface area contributed by atoms with Crippen LogP contribution in [0.1, 0.15) is 57.4 Å². The highest BCUT2D eigenvalue weighted by molar-refractivity contribution is 6.09. The Bertz CT molecular complexity index is 1360. The van der Waals surface area contributed by atoms with Gasteiger partial charge in [0.25, 0.3) is 0 Å². The molecule has 4 aromatic rings. The maximum Gasteiger partial charge on any atom is 0.336 e. The molecule has 0 saturated heterocycles. The van der Waals surface area contributed by atoms with Crippen LogP contribution in [0.3, 0.4) is 0 Å². The summed E-state index contributed by atoms with van der Waals surface area (Å²) in [6.45, 7) is 4.24. The quantitative estimate of drug-likeness (QED) is 0.360. The highest BCUT2D eigenvalue weighted by Crippen LogP contribution is 2.41. The molecule has 1 aliphatic carbocycles. The third-order valence-electron chi connectivity index (χ3n) is 6.50. The average molecular weight is 430 g/mol. The number of benzene rings is 2. The van der Waals surface area contributed by atoms with Gasteiger partial charge in [-0.2, -0.15) is 0 Å². The van der Waals surface area contributed by atoms with Crippen molar-refractivity contribution in [2.45, 2.75) is 51.9 Å². The minimum atomic E-state index is -0.449. The van der Waals surface area contributed by atoms with Crippen LogP contribution in [0.2, 0.25) is 0 Å². The fourth-order valence-electron chi connectivity index (χ4n) is 4.68. The Hall–Kier alpha value is -3.34. The normalized spacial score (nSPS) is 15.0. The number of fused-ring (bicyclic) bond motifs is 2. The molecule has 0 radical (unpaired) electrons. The van der Waals surface area contributed by atoms with Crippen molar-refractivity contribution in [1.29, 1.82) is 0 Å². The van der Waals surface area contributed by atoms with E-state index in [0.717, 1.165) is 42.0 Å². The van der Waals surface area contributed by atoms with Crippen LogP contribution >= 0.6 is 0 Å². The number of amides is 1. The van der Waals surface area contributed by atoms with Gasteiger partial charge in [-0.1, -0.05) is 51.3 Å². The topological polar surface area (TPSA) is 72.5 Å². The van der Waals surface area contributed by atoms with Gasteiger partial charge in [-0.15, -0.1) is 0 Å². The summed E-state index contributed by atoms with van der Waals surface area (Å²) in [5.41, 5.74) is 3.11. The van der Waals surface area contributed by atoms with Crippen molar-refractivity contribution < 1.29 is 13.6 Å². The van der Waals surface area contributed by atoms with Crippen LogP contribution < -0.4 is 10.9 Å². The molecule has 1 saturated carbocycles. The molecular formula is C27H27NO4. The van der Waals surface area contributed by atoms with Gasteiger partial charge in [-0.25, -0.2) is 4.79 Å². The molecule has 1 aliphatic rings. The van der Waals surface area contributed by atoms with Crippen LogP contribution in [0.25, 0.3) is 33.3 Å². The largest absolute Gasteiger partial charge is 0.454 e. The van der Waals surface area contributed by atoms with Gasteiger partial charge < -0.3 is 14.2 Å². The van der Waals surface area contributed by atoms with Gasteiger partial charge in [0.05, 0.1) is 5.69 Å². The van der Waals surface area contributed by atoms with E-state index in [2.05, 4.69) is 19.2 Å². The molecule has 32 heavy (non-hydrogen) atoms. The zero-order valence-electron chi connectivity index (χ0n) is 18.4. The lowest BCUT2D eigenvalue weighted by Gasteiger charge is -2.20. The number of nitrogens with one attached hydrogen (secondary N) is 1. The van der Waals surface area contributed by atoms with E-state index in [1.807, 2.05) is 42.5 Å². The summed E-state index contributed by atoms with van der Waals surface area (Å²) in [7, 11) is 0. The average Bonchev–Trinajstić information content (AvgIpc) is 3.17.